The number of rotatable bonds is 7. The highest BCUT2D eigenvalue weighted by molar-refractivity contribution is 5.96. The maximum atomic E-state index is 14.6. The fourth-order valence-corrected chi connectivity index (χ4v) is 4.15. The molecule has 0 saturated heterocycles. The Morgan fingerprint density at radius 1 is 1.06 bits per heavy atom. The molecule has 4 aromatic rings. The van der Waals surface area contributed by atoms with Gasteiger partial charge in [-0.25, -0.2) is 19.2 Å². The number of aromatic nitrogens is 3. The van der Waals surface area contributed by atoms with Crippen molar-refractivity contribution in [3.63, 3.8) is 0 Å². The first-order chi connectivity index (χ1) is 16.4. The van der Waals surface area contributed by atoms with Gasteiger partial charge in [-0.2, -0.15) is 0 Å². The lowest BCUT2D eigenvalue weighted by atomic mass is 9.96. The van der Waals surface area contributed by atoms with E-state index in [0.717, 1.165) is 45.8 Å². The van der Waals surface area contributed by atoms with E-state index in [4.69, 9.17) is 14.7 Å². The van der Waals surface area contributed by atoms with Crippen molar-refractivity contribution in [3.05, 3.63) is 100 Å². The zero-order valence-electron chi connectivity index (χ0n) is 19.9. The summed E-state index contributed by atoms with van der Waals surface area (Å²) in [4.78, 5) is 21.8. The Hall–Kier alpha value is -3.80. The van der Waals surface area contributed by atoms with Crippen LogP contribution in [0.15, 0.2) is 60.7 Å². The summed E-state index contributed by atoms with van der Waals surface area (Å²) in [5.74, 6) is 0.0880. The van der Waals surface area contributed by atoms with Gasteiger partial charge in [0, 0.05) is 23.8 Å². The average molecular weight is 458 g/mol. The molecular weight excluding hydrogens is 429 g/mol. The molecule has 0 amide bonds. The molecule has 0 spiro atoms. The Balaban J connectivity index is 1.71. The third-order valence-electron chi connectivity index (χ3n) is 5.74. The predicted octanol–water partition coefficient (Wildman–Crippen LogP) is 5.79. The molecular formula is C28H28FN3O2. The number of nitrogens with zero attached hydrogens (tertiary/aromatic N) is 3. The number of halogens is 1. The van der Waals surface area contributed by atoms with Crippen LogP contribution >= 0.6 is 0 Å². The van der Waals surface area contributed by atoms with E-state index in [1.54, 1.807) is 25.1 Å². The van der Waals surface area contributed by atoms with Gasteiger partial charge in [0.15, 0.2) is 5.65 Å². The van der Waals surface area contributed by atoms with Crippen LogP contribution in [0.25, 0.3) is 16.7 Å². The van der Waals surface area contributed by atoms with Crippen molar-refractivity contribution in [1.29, 1.82) is 0 Å². The second-order valence-electron chi connectivity index (χ2n) is 8.21. The molecule has 0 unspecified atom stereocenters. The molecule has 0 atom stereocenters. The van der Waals surface area contributed by atoms with Crippen molar-refractivity contribution in [2.45, 2.75) is 40.7 Å². The molecule has 4 rings (SSSR count). The molecule has 0 N–H and O–H groups in total. The van der Waals surface area contributed by atoms with Crippen LogP contribution in [0.4, 0.5) is 4.39 Å². The van der Waals surface area contributed by atoms with E-state index in [2.05, 4.69) is 18.4 Å². The monoisotopic (exact) mass is 457 g/mol. The van der Waals surface area contributed by atoms with Gasteiger partial charge in [0.25, 0.3) is 0 Å². The molecule has 174 valence electrons. The number of pyridine rings is 1. The molecule has 0 aliphatic rings. The van der Waals surface area contributed by atoms with Crippen molar-refractivity contribution in [2.75, 3.05) is 6.61 Å². The number of esters is 1. The normalized spacial score (nSPS) is 11.7. The summed E-state index contributed by atoms with van der Waals surface area (Å²) in [5.41, 5.74) is 6.52. The van der Waals surface area contributed by atoms with Crippen LogP contribution in [0.1, 0.15) is 47.6 Å². The second kappa shape index (κ2) is 10.00. The number of fused-ring (bicyclic) bond motifs is 1. The molecule has 0 aliphatic heterocycles. The summed E-state index contributed by atoms with van der Waals surface area (Å²) in [6.07, 6.45) is 2.15. The van der Waals surface area contributed by atoms with E-state index in [-0.39, 0.29) is 6.61 Å². The van der Waals surface area contributed by atoms with Crippen molar-refractivity contribution >= 4 is 22.7 Å². The fourth-order valence-electron chi connectivity index (χ4n) is 4.15. The molecule has 0 fully saturated rings. The Labute approximate surface area is 198 Å². The van der Waals surface area contributed by atoms with E-state index < -0.39 is 11.8 Å². The van der Waals surface area contributed by atoms with E-state index in [1.807, 2.05) is 37.3 Å². The number of hydrogen-bond acceptors (Lipinski definition) is 4. The Kier molecular flexibility index (Phi) is 6.87. The number of aryl methyl sites for hydroxylation is 3. The Morgan fingerprint density at radius 2 is 1.79 bits per heavy atom. The largest absolute Gasteiger partial charge is 0.463 e. The van der Waals surface area contributed by atoms with Crippen molar-refractivity contribution in [2.24, 2.45) is 0 Å². The molecule has 5 nitrogen and oxygen atoms in total. The third kappa shape index (κ3) is 4.76. The minimum atomic E-state index is -0.501. The highest BCUT2D eigenvalue weighted by atomic mass is 19.1. The summed E-state index contributed by atoms with van der Waals surface area (Å²) in [6, 6.07) is 16.3. The highest BCUT2D eigenvalue weighted by Gasteiger charge is 2.15. The molecule has 0 bridgehead atoms. The van der Waals surface area contributed by atoms with Crippen molar-refractivity contribution in [3.8, 4) is 0 Å². The predicted molar refractivity (Wildman–Crippen MR) is 132 cm³/mol. The summed E-state index contributed by atoms with van der Waals surface area (Å²) in [6.45, 7) is 8.75. The topological polar surface area (TPSA) is 57.0 Å². The second-order valence-corrected chi connectivity index (χ2v) is 8.21. The van der Waals surface area contributed by atoms with Crippen LogP contribution in [-0.4, -0.2) is 27.1 Å². The molecule has 2 aromatic heterocycles. The molecule has 0 radical (unpaired) electrons. The van der Waals surface area contributed by atoms with E-state index in [9.17, 15) is 9.18 Å². The summed E-state index contributed by atoms with van der Waals surface area (Å²) in [7, 11) is 0. The van der Waals surface area contributed by atoms with E-state index in [0.29, 0.717) is 17.7 Å². The zero-order chi connectivity index (χ0) is 24.2. The number of carbonyl (C=O) groups is 1. The first-order valence-corrected chi connectivity index (χ1v) is 11.5. The molecule has 0 saturated carbocycles. The van der Waals surface area contributed by atoms with Crippen LogP contribution in [0.2, 0.25) is 0 Å². The number of benzene rings is 2. The average Bonchev–Trinajstić information content (AvgIpc) is 3.16. The van der Waals surface area contributed by atoms with E-state index >= 15 is 0 Å². The smallest absolute Gasteiger partial charge is 0.331 e. The van der Waals surface area contributed by atoms with Gasteiger partial charge < -0.3 is 9.30 Å². The Bertz CT molecular complexity index is 1370. The van der Waals surface area contributed by atoms with Crippen LogP contribution in [0.5, 0.6) is 0 Å². The lowest BCUT2D eigenvalue weighted by molar-refractivity contribution is -0.137. The maximum absolute atomic E-state index is 14.6. The van der Waals surface area contributed by atoms with Gasteiger partial charge in [0.2, 0.25) is 0 Å². The lowest BCUT2D eigenvalue weighted by Gasteiger charge is -2.12. The van der Waals surface area contributed by atoms with Gasteiger partial charge in [0.05, 0.1) is 13.2 Å². The SMILES string of the molecule is CCOC(=O)C=C(c1ccc(Cn2c(CC)nc3c(C)cc(C)nc32)cc1)c1ccccc1F. The van der Waals surface area contributed by atoms with Crippen LogP contribution in [-0.2, 0) is 22.5 Å². The Morgan fingerprint density at radius 3 is 2.47 bits per heavy atom. The third-order valence-corrected chi connectivity index (χ3v) is 5.74. The van der Waals surface area contributed by atoms with Gasteiger partial charge in [-0.1, -0.05) is 49.4 Å². The first-order valence-electron chi connectivity index (χ1n) is 11.5. The maximum Gasteiger partial charge on any atom is 0.331 e. The van der Waals surface area contributed by atoms with Gasteiger partial charge in [-0.05, 0) is 55.2 Å². The fraction of sp³-hybridized carbons (Fsp3) is 0.250. The van der Waals surface area contributed by atoms with Crippen molar-refractivity contribution in [1.82, 2.24) is 14.5 Å². The molecule has 0 aliphatic carbocycles. The number of hydrogen-bond donors (Lipinski definition) is 0. The number of ether oxygens (including phenoxy) is 1. The van der Waals surface area contributed by atoms with Gasteiger partial charge in [-0.3, -0.25) is 0 Å². The molecule has 6 heteroatoms. The number of carbonyl (C=O) groups excluding carboxylic acids is 1. The quantitative estimate of drug-likeness (QED) is 0.260. The van der Waals surface area contributed by atoms with Gasteiger partial charge in [0.1, 0.15) is 17.2 Å². The number of imidazole rings is 1. The van der Waals surface area contributed by atoms with Crippen molar-refractivity contribution < 1.29 is 13.9 Å². The molecule has 34 heavy (non-hydrogen) atoms. The summed E-state index contributed by atoms with van der Waals surface area (Å²) < 4.78 is 21.8. The minimum absolute atomic E-state index is 0.254. The van der Waals surface area contributed by atoms with Crippen LogP contribution in [0, 0.1) is 19.7 Å². The lowest BCUT2D eigenvalue weighted by Crippen LogP contribution is -2.06. The van der Waals surface area contributed by atoms with Crippen LogP contribution in [0.3, 0.4) is 0 Å². The minimum Gasteiger partial charge on any atom is -0.463 e. The van der Waals surface area contributed by atoms with E-state index in [1.165, 1.54) is 12.1 Å². The van der Waals surface area contributed by atoms with Gasteiger partial charge >= 0.3 is 5.97 Å². The summed E-state index contributed by atoms with van der Waals surface area (Å²) in [5, 5.41) is 0. The molecule has 2 aromatic carbocycles. The zero-order valence-corrected chi connectivity index (χ0v) is 19.9. The van der Waals surface area contributed by atoms with Crippen LogP contribution < -0.4 is 0 Å². The summed E-state index contributed by atoms with van der Waals surface area (Å²) >= 11 is 0. The first kappa shape index (κ1) is 23.4. The standard InChI is InChI=1S/C28H28FN3O2/c1-5-25-31-27-18(3)15-19(4)30-28(27)32(25)17-20-11-13-21(14-12-20)23(16-26(33)34-6-2)22-9-7-8-10-24(22)29/h7-16H,5-6,17H2,1-4H3. The molecule has 2 heterocycles. The van der Waals surface area contributed by atoms with Gasteiger partial charge in [-0.15, -0.1) is 0 Å². The highest BCUT2D eigenvalue weighted by Crippen LogP contribution is 2.27.